The topological polar surface area (TPSA) is 74.6 Å². The summed E-state index contributed by atoms with van der Waals surface area (Å²) in [7, 11) is 0. The molecular formula is C19H37LiO4. The molecule has 0 saturated heterocycles. The van der Waals surface area contributed by atoms with Crippen LogP contribution in [0, 0.1) is 11.8 Å². The summed E-state index contributed by atoms with van der Waals surface area (Å²) >= 11 is 0. The van der Waals surface area contributed by atoms with E-state index in [1.54, 1.807) is 5.92 Å². The summed E-state index contributed by atoms with van der Waals surface area (Å²) in [6.07, 6.45) is 13.2. The Bertz CT molecular complexity index is 283. The van der Waals surface area contributed by atoms with Crippen molar-refractivity contribution in [3.05, 3.63) is 5.92 Å². The van der Waals surface area contributed by atoms with Crippen molar-refractivity contribution in [3.8, 4) is 0 Å². The molecule has 0 rings (SSSR count). The van der Waals surface area contributed by atoms with Gasteiger partial charge in [-0.1, -0.05) is 78.6 Å². The SMILES string of the molecule is CCCCCC[C-](C)C(CC)CCCCC.O=C(O)CC(=O)O.[Li+]. The van der Waals surface area contributed by atoms with Gasteiger partial charge in [0.15, 0.2) is 0 Å². The quantitative estimate of drug-likeness (QED) is 0.235. The third-order valence-corrected chi connectivity index (χ3v) is 4.07. The molecule has 0 aromatic rings. The Morgan fingerprint density at radius 2 is 1.38 bits per heavy atom. The number of carboxylic acid groups (broad SMARTS) is 2. The first-order valence-electron chi connectivity index (χ1n) is 9.14. The molecule has 1 atom stereocenters. The van der Waals surface area contributed by atoms with Crippen molar-refractivity contribution >= 4 is 11.9 Å². The molecule has 0 aliphatic heterocycles. The average molecular weight is 336 g/mol. The van der Waals surface area contributed by atoms with E-state index in [0.717, 1.165) is 5.92 Å². The predicted molar refractivity (Wildman–Crippen MR) is 95.5 cm³/mol. The molecule has 2 N–H and O–H groups in total. The van der Waals surface area contributed by atoms with Crippen LogP contribution in [0.3, 0.4) is 0 Å². The van der Waals surface area contributed by atoms with Crippen molar-refractivity contribution in [3.63, 3.8) is 0 Å². The van der Waals surface area contributed by atoms with Crippen molar-refractivity contribution in [2.75, 3.05) is 0 Å². The smallest absolute Gasteiger partial charge is 0.481 e. The van der Waals surface area contributed by atoms with Crippen LogP contribution in [0.5, 0.6) is 0 Å². The summed E-state index contributed by atoms with van der Waals surface area (Å²) in [6, 6.07) is 0. The zero-order valence-electron chi connectivity index (χ0n) is 16.6. The van der Waals surface area contributed by atoms with E-state index in [0.29, 0.717) is 0 Å². The van der Waals surface area contributed by atoms with Gasteiger partial charge in [0.1, 0.15) is 6.42 Å². The van der Waals surface area contributed by atoms with Crippen molar-refractivity contribution in [2.24, 2.45) is 5.92 Å². The van der Waals surface area contributed by atoms with Crippen molar-refractivity contribution in [1.29, 1.82) is 0 Å². The number of hydrogen-bond acceptors (Lipinski definition) is 2. The summed E-state index contributed by atoms with van der Waals surface area (Å²) in [5.41, 5.74) is 0. The first-order valence-corrected chi connectivity index (χ1v) is 9.14. The number of aliphatic carboxylic acids is 2. The molecule has 0 bridgehead atoms. The van der Waals surface area contributed by atoms with Crippen LogP contribution >= 0.6 is 0 Å². The molecule has 4 nitrogen and oxygen atoms in total. The summed E-state index contributed by atoms with van der Waals surface area (Å²) < 4.78 is 0. The Hall–Kier alpha value is -0.463. The Morgan fingerprint density at radius 3 is 1.75 bits per heavy atom. The molecule has 0 spiro atoms. The molecule has 0 aromatic heterocycles. The summed E-state index contributed by atoms with van der Waals surface area (Å²) in [5.74, 6) is 0.0582. The third kappa shape index (κ3) is 21.5. The molecule has 0 amide bonds. The zero-order chi connectivity index (χ0) is 18.1. The molecule has 24 heavy (non-hydrogen) atoms. The van der Waals surface area contributed by atoms with Crippen LogP contribution in [0.25, 0.3) is 0 Å². The molecule has 0 aliphatic carbocycles. The Balaban J connectivity index is -0.000000468. The fraction of sp³-hybridized carbons (Fsp3) is 0.842. The van der Waals surface area contributed by atoms with Gasteiger partial charge in [-0.05, 0) is 0 Å². The van der Waals surface area contributed by atoms with Crippen molar-refractivity contribution in [1.82, 2.24) is 0 Å². The van der Waals surface area contributed by atoms with E-state index in [1.807, 2.05) is 0 Å². The molecule has 0 saturated carbocycles. The fourth-order valence-corrected chi connectivity index (χ4v) is 2.60. The van der Waals surface area contributed by atoms with Gasteiger partial charge in [0.05, 0.1) is 0 Å². The van der Waals surface area contributed by atoms with E-state index in [1.165, 1.54) is 64.2 Å². The summed E-state index contributed by atoms with van der Waals surface area (Å²) in [5, 5.41) is 15.4. The van der Waals surface area contributed by atoms with E-state index >= 15 is 0 Å². The van der Waals surface area contributed by atoms with Gasteiger partial charge in [0.25, 0.3) is 0 Å². The maximum atomic E-state index is 9.43. The minimum atomic E-state index is -1.31. The van der Waals surface area contributed by atoms with Crippen LogP contribution < -0.4 is 18.9 Å². The minimum absolute atomic E-state index is 0. The van der Waals surface area contributed by atoms with Gasteiger partial charge < -0.3 is 16.1 Å². The fourth-order valence-electron chi connectivity index (χ4n) is 2.60. The molecule has 0 aliphatic rings. The van der Waals surface area contributed by atoms with Gasteiger partial charge >= 0.3 is 30.8 Å². The van der Waals surface area contributed by atoms with Crippen molar-refractivity contribution < 1.29 is 38.7 Å². The van der Waals surface area contributed by atoms with E-state index in [-0.39, 0.29) is 18.9 Å². The Morgan fingerprint density at radius 1 is 0.875 bits per heavy atom. The van der Waals surface area contributed by atoms with Crippen LogP contribution in [0.2, 0.25) is 0 Å². The van der Waals surface area contributed by atoms with Crippen molar-refractivity contribution in [2.45, 2.75) is 98.3 Å². The maximum Gasteiger partial charge on any atom is 1.00 e. The predicted octanol–water partition coefficient (Wildman–Crippen LogP) is 2.71. The summed E-state index contributed by atoms with van der Waals surface area (Å²) in [6.45, 7) is 9.33. The maximum absolute atomic E-state index is 9.43. The van der Waals surface area contributed by atoms with Gasteiger partial charge in [-0.25, -0.2) is 0 Å². The van der Waals surface area contributed by atoms with Gasteiger partial charge in [-0.2, -0.15) is 19.3 Å². The minimum Gasteiger partial charge on any atom is -0.481 e. The molecule has 0 radical (unpaired) electrons. The second-order valence-corrected chi connectivity index (χ2v) is 6.22. The molecule has 1 unspecified atom stereocenters. The van der Waals surface area contributed by atoms with Crippen LogP contribution in [-0.4, -0.2) is 22.2 Å². The molecule has 138 valence electrons. The largest absolute Gasteiger partial charge is 1.00 e. The van der Waals surface area contributed by atoms with Crippen LogP contribution in [-0.2, 0) is 9.59 Å². The molecule has 0 heterocycles. The second kappa shape index (κ2) is 20.6. The Kier molecular flexibility index (Phi) is 24.3. The molecular weight excluding hydrogens is 299 g/mol. The van der Waals surface area contributed by atoms with Crippen LogP contribution in [0.4, 0.5) is 0 Å². The van der Waals surface area contributed by atoms with Gasteiger partial charge in [-0.15, -0.1) is 0 Å². The van der Waals surface area contributed by atoms with E-state index in [2.05, 4.69) is 27.7 Å². The number of unbranched alkanes of at least 4 members (excludes halogenated alkanes) is 5. The monoisotopic (exact) mass is 336 g/mol. The molecule has 0 aromatic carbocycles. The van der Waals surface area contributed by atoms with E-state index in [9.17, 15) is 9.59 Å². The summed E-state index contributed by atoms with van der Waals surface area (Å²) in [4.78, 5) is 18.9. The normalized spacial score (nSPS) is 11.2. The average Bonchev–Trinajstić information content (AvgIpc) is 2.47. The molecule has 0 fully saturated rings. The number of carbonyl (C=O) groups is 2. The second-order valence-electron chi connectivity index (χ2n) is 6.22. The Labute approximate surface area is 161 Å². The third-order valence-electron chi connectivity index (χ3n) is 4.07. The zero-order valence-corrected chi connectivity index (χ0v) is 16.6. The number of carboxylic acids is 2. The van der Waals surface area contributed by atoms with Gasteiger partial charge in [0, 0.05) is 0 Å². The van der Waals surface area contributed by atoms with E-state index < -0.39 is 18.4 Å². The number of rotatable bonds is 13. The first kappa shape index (κ1) is 28.3. The van der Waals surface area contributed by atoms with Crippen LogP contribution in [0.15, 0.2) is 0 Å². The standard InChI is InChI=1S/C16H33.C3H4O4.Li/c1-5-8-10-12-13-15(4)16(7-3)14-11-9-6-2;4-2(5)1-3(6)7;/h16H,5-14H2,1-4H3;1H2,(H,4,5)(H,6,7);/q-1;;+1. The van der Waals surface area contributed by atoms with Gasteiger partial charge in [-0.3, -0.25) is 9.59 Å². The van der Waals surface area contributed by atoms with E-state index in [4.69, 9.17) is 10.2 Å². The molecule has 5 heteroatoms. The first-order chi connectivity index (χ1) is 10.9. The number of hydrogen-bond donors (Lipinski definition) is 2. The van der Waals surface area contributed by atoms with Crippen LogP contribution in [0.1, 0.15) is 98.3 Å². The van der Waals surface area contributed by atoms with Gasteiger partial charge in [0.2, 0.25) is 0 Å².